The molecule has 2 aromatic rings. The van der Waals surface area contributed by atoms with Gasteiger partial charge in [-0.05, 0) is 49.2 Å². The van der Waals surface area contributed by atoms with E-state index in [0.717, 1.165) is 23.5 Å². The predicted molar refractivity (Wildman–Crippen MR) is 76.5 cm³/mol. The third-order valence-corrected chi connectivity index (χ3v) is 3.31. The first kappa shape index (κ1) is 14.0. The largest absolute Gasteiger partial charge is 0.481 e. The van der Waals surface area contributed by atoms with Crippen LogP contribution in [0, 0.1) is 6.92 Å². The fourth-order valence-corrected chi connectivity index (χ4v) is 2.13. The van der Waals surface area contributed by atoms with Crippen molar-refractivity contribution in [1.82, 2.24) is 0 Å². The third kappa shape index (κ3) is 3.31. The lowest BCUT2D eigenvalue weighted by Gasteiger charge is -2.23. The Morgan fingerprint density at radius 2 is 2.16 bits per heavy atom. The lowest BCUT2D eigenvalue weighted by molar-refractivity contribution is 0.144. The van der Waals surface area contributed by atoms with Gasteiger partial charge < -0.3 is 14.9 Å². The van der Waals surface area contributed by atoms with Gasteiger partial charge in [0.05, 0.1) is 6.26 Å². The maximum atomic E-state index is 6.13. The molecule has 0 saturated carbocycles. The van der Waals surface area contributed by atoms with Crippen molar-refractivity contribution in [2.45, 2.75) is 32.4 Å². The molecule has 102 valence electrons. The first-order valence-electron chi connectivity index (χ1n) is 6.33. The summed E-state index contributed by atoms with van der Waals surface area (Å²) >= 11 is 5.94. The Bertz CT molecular complexity index is 525. The molecule has 0 aliphatic heterocycles. The number of furan rings is 1. The van der Waals surface area contributed by atoms with Gasteiger partial charge in [-0.3, -0.25) is 0 Å². The van der Waals surface area contributed by atoms with Crippen molar-refractivity contribution in [2.24, 2.45) is 5.73 Å². The number of rotatable bonds is 5. The Balaban J connectivity index is 2.25. The van der Waals surface area contributed by atoms with Crippen molar-refractivity contribution in [1.29, 1.82) is 0 Å². The summed E-state index contributed by atoms with van der Waals surface area (Å²) in [6.45, 7) is 3.98. The SMILES string of the molecule is CCC(N)C(Oc1ccc(Cl)cc1C)c1ccco1. The molecule has 2 atom stereocenters. The number of nitrogens with two attached hydrogens (primary N) is 1. The molecular formula is C15H18ClNO2. The summed E-state index contributed by atoms with van der Waals surface area (Å²) in [5.41, 5.74) is 7.10. The zero-order valence-corrected chi connectivity index (χ0v) is 11.9. The molecule has 1 aromatic carbocycles. The molecule has 0 fully saturated rings. The molecule has 0 amide bonds. The lowest BCUT2D eigenvalue weighted by Crippen LogP contribution is -2.31. The van der Waals surface area contributed by atoms with E-state index in [4.69, 9.17) is 26.5 Å². The van der Waals surface area contributed by atoms with Crippen LogP contribution < -0.4 is 10.5 Å². The van der Waals surface area contributed by atoms with E-state index in [1.165, 1.54) is 0 Å². The number of halogens is 1. The van der Waals surface area contributed by atoms with E-state index in [0.29, 0.717) is 5.02 Å². The lowest BCUT2D eigenvalue weighted by atomic mass is 10.1. The minimum atomic E-state index is -0.292. The van der Waals surface area contributed by atoms with Gasteiger partial charge in [-0.2, -0.15) is 0 Å². The monoisotopic (exact) mass is 279 g/mol. The second-order valence-corrected chi connectivity index (χ2v) is 4.97. The number of benzene rings is 1. The molecule has 0 radical (unpaired) electrons. The minimum absolute atomic E-state index is 0.124. The number of hydrogen-bond acceptors (Lipinski definition) is 3. The fourth-order valence-electron chi connectivity index (χ4n) is 1.91. The molecular weight excluding hydrogens is 262 g/mol. The Morgan fingerprint density at radius 1 is 1.37 bits per heavy atom. The van der Waals surface area contributed by atoms with Crippen molar-refractivity contribution in [3.63, 3.8) is 0 Å². The summed E-state index contributed by atoms with van der Waals surface area (Å²) in [5, 5.41) is 0.694. The Kier molecular flexibility index (Phi) is 4.51. The molecule has 0 bridgehead atoms. The second kappa shape index (κ2) is 6.13. The van der Waals surface area contributed by atoms with Crippen molar-refractivity contribution in [3.8, 4) is 5.75 Å². The highest BCUT2D eigenvalue weighted by atomic mass is 35.5. The minimum Gasteiger partial charge on any atom is -0.481 e. The average Bonchev–Trinajstić information content (AvgIpc) is 2.91. The summed E-state index contributed by atoms with van der Waals surface area (Å²) in [7, 11) is 0. The molecule has 0 spiro atoms. The van der Waals surface area contributed by atoms with E-state index in [2.05, 4.69) is 0 Å². The Labute approximate surface area is 118 Å². The van der Waals surface area contributed by atoms with Gasteiger partial charge in [-0.1, -0.05) is 18.5 Å². The van der Waals surface area contributed by atoms with Gasteiger partial charge >= 0.3 is 0 Å². The number of aryl methyl sites for hydroxylation is 1. The number of ether oxygens (including phenoxy) is 1. The van der Waals surface area contributed by atoms with Crippen LogP contribution in [-0.4, -0.2) is 6.04 Å². The molecule has 2 rings (SSSR count). The fraction of sp³-hybridized carbons (Fsp3) is 0.333. The topological polar surface area (TPSA) is 48.4 Å². The summed E-state index contributed by atoms with van der Waals surface area (Å²) in [6, 6.07) is 9.12. The molecule has 2 N–H and O–H groups in total. The zero-order chi connectivity index (χ0) is 13.8. The van der Waals surface area contributed by atoms with Crippen LogP contribution in [0.5, 0.6) is 5.75 Å². The maximum absolute atomic E-state index is 6.13. The first-order valence-corrected chi connectivity index (χ1v) is 6.71. The highest BCUT2D eigenvalue weighted by molar-refractivity contribution is 6.30. The predicted octanol–water partition coefficient (Wildman–Crippen LogP) is 4.10. The van der Waals surface area contributed by atoms with Gasteiger partial charge in [0.1, 0.15) is 11.5 Å². The highest BCUT2D eigenvalue weighted by Crippen LogP contribution is 2.29. The highest BCUT2D eigenvalue weighted by Gasteiger charge is 2.23. The van der Waals surface area contributed by atoms with Crippen LogP contribution in [0.3, 0.4) is 0 Å². The van der Waals surface area contributed by atoms with Crippen molar-refractivity contribution >= 4 is 11.6 Å². The summed E-state index contributed by atoms with van der Waals surface area (Å²) < 4.78 is 11.4. The van der Waals surface area contributed by atoms with Crippen LogP contribution in [0.2, 0.25) is 5.02 Å². The van der Waals surface area contributed by atoms with Gasteiger partial charge in [-0.15, -0.1) is 0 Å². The molecule has 3 nitrogen and oxygen atoms in total. The van der Waals surface area contributed by atoms with Gasteiger partial charge in [-0.25, -0.2) is 0 Å². The van der Waals surface area contributed by atoms with Gasteiger partial charge in [0.15, 0.2) is 6.10 Å². The van der Waals surface area contributed by atoms with E-state index in [1.807, 2.05) is 38.1 Å². The smallest absolute Gasteiger partial charge is 0.171 e. The average molecular weight is 280 g/mol. The van der Waals surface area contributed by atoms with E-state index in [9.17, 15) is 0 Å². The van der Waals surface area contributed by atoms with Crippen LogP contribution >= 0.6 is 11.6 Å². The molecule has 2 unspecified atom stereocenters. The molecule has 4 heteroatoms. The summed E-state index contributed by atoms with van der Waals surface area (Å²) in [4.78, 5) is 0. The molecule has 1 aromatic heterocycles. The van der Waals surface area contributed by atoms with E-state index < -0.39 is 0 Å². The van der Waals surface area contributed by atoms with Gasteiger partial charge in [0.2, 0.25) is 0 Å². The van der Waals surface area contributed by atoms with Gasteiger partial charge in [0.25, 0.3) is 0 Å². The van der Waals surface area contributed by atoms with Crippen LogP contribution in [0.15, 0.2) is 41.0 Å². The second-order valence-electron chi connectivity index (χ2n) is 4.54. The van der Waals surface area contributed by atoms with E-state index >= 15 is 0 Å². The Morgan fingerprint density at radius 3 is 2.74 bits per heavy atom. The standard InChI is InChI=1S/C15H18ClNO2/c1-3-12(17)15(14-5-4-8-18-14)19-13-7-6-11(16)9-10(13)2/h4-9,12,15H,3,17H2,1-2H3. The molecule has 0 aliphatic carbocycles. The van der Waals surface area contributed by atoms with Gasteiger partial charge in [0, 0.05) is 11.1 Å². The van der Waals surface area contributed by atoms with Crippen LogP contribution in [0.1, 0.15) is 30.8 Å². The summed E-state index contributed by atoms with van der Waals surface area (Å²) in [6.07, 6.45) is 2.14. The molecule has 0 saturated heterocycles. The van der Waals surface area contributed by atoms with Crippen molar-refractivity contribution in [3.05, 3.63) is 52.9 Å². The van der Waals surface area contributed by atoms with Crippen LogP contribution in [-0.2, 0) is 0 Å². The zero-order valence-electron chi connectivity index (χ0n) is 11.1. The first-order chi connectivity index (χ1) is 9.11. The molecule has 1 heterocycles. The molecule has 19 heavy (non-hydrogen) atoms. The third-order valence-electron chi connectivity index (χ3n) is 3.07. The quantitative estimate of drug-likeness (QED) is 0.896. The number of hydrogen-bond donors (Lipinski definition) is 1. The van der Waals surface area contributed by atoms with Crippen molar-refractivity contribution in [2.75, 3.05) is 0 Å². The maximum Gasteiger partial charge on any atom is 0.171 e. The van der Waals surface area contributed by atoms with E-state index in [1.54, 1.807) is 12.3 Å². The van der Waals surface area contributed by atoms with E-state index in [-0.39, 0.29) is 12.1 Å². The van der Waals surface area contributed by atoms with Crippen LogP contribution in [0.4, 0.5) is 0 Å². The van der Waals surface area contributed by atoms with Crippen LogP contribution in [0.25, 0.3) is 0 Å². The molecule has 0 aliphatic rings. The normalized spacial score (nSPS) is 14.1. The summed E-state index contributed by atoms with van der Waals surface area (Å²) in [5.74, 6) is 1.51. The van der Waals surface area contributed by atoms with Crippen molar-refractivity contribution < 1.29 is 9.15 Å². The Hall–Kier alpha value is -1.45.